The number of amides is 2. The third-order valence-electron chi connectivity index (χ3n) is 5.08. The standard InChI is InChI=1S/C23H21ClN2O4S/c1-15-12-17(16(2)26(15)14-18-6-5-10-29-18)13-21-22(27)25(23(28)31-21)9-11-30-20-8-4-3-7-19(20)24/h3-8,10,12-13H,9,11,14H2,1-2H3/b21-13-. The molecule has 3 heterocycles. The van der Waals surface area contributed by atoms with Crippen LogP contribution in [-0.2, 0) is 11.3 Å². The van der Waals surface area contributed by atoms with Crippen LogP contribution in [0.3, 0.4) is 0 Å². The molecule has 4 rings (SSSR count). The van der Waals surface area contributed by atoms with Crippen LogP contribution in [-0.4, -0.2) is 33.8 Å². The Morgan fingerprint density at radius 3 is 2.71 bits per heavy atom. The Morgan fingerprint density at radius 2 is 1.97 bits per heavy atom. The molecule has 0 unspecified atom stereocenters. The Labute approximate surface area is 189 Å². The molecule has 31 heavy (non-hydrogen) atoms. The predicted octanol–water partition coefficient (Wildman–Crippen LogP) is 5.51. The van der Waals surface area contributed by atoms with E-state index in [0.29, 0.717) is 22.2 Å². The molecule has 1 saturated heterocycles. The van der Waals surface area contributed by atoms with Crippen LogP contribution in [0.1, 0.15) is 22.7 Å². The number of para-hydroxylation sites is 1. The largest absolute Gasteiger partial charge is 0.490 e. The molecule has 1 aromatic carbocycles. The summed E-state index contributed by atoms with van der Waals surface area (Å²) in [5.74, 6) is 1.07. The summed E-state index contributed by atoms with van der Waals surface area (Å²) in [5, 5.41) is 0.185. The molecule has 2 amide bonds. The summed E-state index contributed by atoms with van der Waals surface area (Å²) in [4.78, 5) is 26.8. The maximum Gasteiger partial charge on any atom is 0.293 e. The minimum absolute atomic E-state index is 0.157. The maximum atomic E-state index is 12.8. The van der Waals surface area contributed by atoms with Gasteiger partial charge in [-0.05, 0) is 67.6 Å². The highest BCUT2D eigenvalue weighted by Gasteiger charge is 2.35. The summed E-state index contributed by atoms with van der Waals surface area (Å²) in [6, 6.07) is 12.9. The van der Waals surface area contributed by atoms with Gasteiger partial charge in [-0.2, -0.15) is 0 Å². The summed E-state index contributed by atoms with van der Waals surface area (Å²) in [7, 11) is 0. The van der Waals surface area contributed by atoms with Gasteiger partial charge in [-0.3, -0.25) is 14.5 Å². The smallest absolute Gasteiger partial charge is 0.293 e. The topological polar surface area (TPSA) is 64.7 Å². The third-order valence-corrected chi connectivity index (χ3v) is 6.30. The molecule has 0 aliphatic carbocycles. The predicted molar refractivity (Wildman–Crippen MR) is 121 cm³/mol. The summed E-state index contributed by atoms with van der Waals surface area (Å²) < 4.78 is 13.2. The Hall–Kier alpha value is -2.90. The fourth-order valence-corrected chi connectivity index (χ4v) is 4.46. The summed E-state index contributed by atoms with van der Waals surface area (Å²) in [6.45, 7) is 4.94. The van der Waals surface area contributed by atoms with E-state index in [1.165, 1.54) is 4.90 Å². The summed E-state index contributed by atoms with van der Waals surface area (Å²) >= 11 is 7.02. The van der Waals surface area contributed by atoms with Gasteiger partial charge in [-0.15, -0.1) is 0 Å². The van der Waals surface area contributed by atoms with Gasteiger partial charge in [0, 0.05) is 11.4 Å². The molecule has 160 valence electrons. The number of furan rings is 1. The van der Waals surface area contributed by atoms with Gasteiger partial charge < -0.3 is 13.7 Å². The molecule has 1 aliphatic heterocycles. The van der Waals surface area contributed by atoms with E-state index in [1.807, 2.05) is 44.2 Å². The molecule has 0 saturated carbocycles. The SMILES string of the molecule is Cc1cc(/C=C2\SC(=O)N(CCOc3ccccc3Cl)C2=O)c(C)n1Cc1ccco1. The number of carbonyl (C=O) groups is 2. The number of hydrogen-bond acceptors (Lipinski definition) is 5. The number of rotatable bonds is 7. The van der Waals surface area contributed by atoms with Gasteiger partial charge in [0.2, 0.25) is 0 Å². The molecule has 0 spiro atoms. The first-order valence-corrected chi connectivity index (χ1v) is 11.0. The van der Waals surface area contributed by atoms with Crippen molar-refractivity contribution in [3.8, 4) is 5.75 Å². The van der Waals surface area contributed by atoms with Crippen molar-refractivity contribution >= 4 is 40.6 Å². The molecule has 0 N–H and O–H groups in total. The quantitative estimate of drug-likeness (QED) is 0.438. The van der Waals surface area contributed by atoms with Crippen molar-refractivity contribution in [2.24, 2.45) is 0 Å². The number of halogens is 1. The number of aryl methyl sites for hydroxylation is 1. The monoisotopic (exact) mass is 456 g/mol. The van der Waals surface area contributed by atoms with Gasteiger partial charge in [0.25, 0.3) is 11.1 Å². The van der Waals surface area contributed by atoms with Gasteiger partial charge >= 0.3 is 0 Å². The van der Waals surface area contributed by atoms with E-state index in [2.05, 4.69) is 4.57 Å². The molecule has 0 atom stereocenters. The zero-order chi connectivity index (χ0) is 22.0. The highest BCUT2D eigenvalue weighted by molar-refractivity contribution is 8.18. The second-order valence-electron chi connectivity index (χ2n) is 7.10. The lowest BCUT2D eigenvalue weighted by molar-refractivity contribution is -0.123. The van der Waals surface area contributed by atoms with Crippen LogP contribution in [0.2, 0.25) is 5.02 Å². The molecular weight excluding hydrogens is 436 g/mol. The Kier molecular flexibility index (Phi) is 6.25. The van der Waals surface area contributed by atoms with Crippen molar-refractivity contribution in [1.29, 1.82) is 0 Å². The maximum absolute atomic E-state index is 12.8. The van der Waals surface area contributed by atoms with Crippen LogP contribution < -0.4 is 4.74 Å². The second-order valence-corrected chi connectivity index (χ2v) is 8.50. The van der Waals surface area contributed by atoms with Crippen molar-refractivity contribution in [2.75, 3.05) is 13.2 Å². The zero-order valence-electron chi connectivity index (χ0n) is 17.1. The van der Waals surface area contributed by atoms with Gasteiger partial charge in [-0.25, -0.2) is 0 Å². The highest BCUT2D eigenvalue weighted by Crippen LogP contribution is 2.33. The molecule has 3 aromatic rings. The Balaban J connectivity index is 1.45. The number of thioether (sulfide) groups is 1. The van der Waals surface area contributed by atoms with Gasteiger partial charge in [0.15, 0.2) is 0 Å². The highest BCUT2D eigenvalue weighted by atomic mass is 35.5. The normalized spacial score (nSPS) is 15.3. The van der Waals surface area contributed by atoms with Crippen LogP contribution in [0, 0.1) is 13.8 Å². The molecule has 2 aromatic heterocycles. The van der Waals surface area contributed by atoms with E-state index in [4.69, 9.17) is 20.8 Å². The van der Waals surface area contributed by atoms with Gasteiger partial charge in [0.1, 0.15) is 18.1 Å². The first kappa shape index (κ1) is 21.3. The minimum Gasteiger partial charge on any atom is -0.490 e. The average molecular weight is 457 g/mol. The molecule has 6 nitrogen and oxygen atoms in total. The van der Waals surface area contributed by atoms with E-state index < -0.39 is 0 Å². The minimum atomic E-state index is -0.311. The van der Waals surface area contributed by atoms with Crippen LogP contribution in [0.25, 0.3) is 6.08 Å². The van der Waals surface area contributed by atoms with Gasteiger partial charge in [-0.1, -0.05) is 23.7 Å². The van der Waals surface area contributed by atoms with Gasteiger partial charge in [0.05, 0.1) is 29.3 Å². The van der Waals surface area contributed by atoms with Crippen LogP contribution >= 0.6 is 23.4 Å². The molecule has 1 fully saturated rings. The number of aromatic nitrogens is 1. The molecule has 8 heteroatoms. The number of imide groups is 1. The fraction of sp³-hybridized carbons (Fsp3) is 0.217. The van der Waals surface area contributed by atoms with E-state index in [9.17, 15) is 9.59 Å². The van der Waals surface area contributed by atoms with Crippen LogP contribution in [0.4, 0.5) is 4.79 Å². The number of nitrogens with zero attached hydrogens (tertiary/aromatic N) is 2. The van der Waals surface area contributed by atoms with E-state index in [-0.39, 0.29) is 24.3 Å². The third kappa shape index (κ3) is 4.57. The lowest BCUT2D eigenvalue weighted by Gasteiger charge is -2.13. The van der Waals surface area contributed by atoms with E-state index in [0.717, 1.165) is 34.5 Å². The van der Waals surface area contributed by atoms with Crippen molar-refractivity contribution in [1.82, 2.24) is 9.47 Å². The lowest BCUT2D eigenvalue weighted by atomic mass is 10.2. The second kappa shape index (κ2) is 9.08. The van der Waals surface area contributed by atoms with Crippen molar-refractivity contribution in [3.05, 3.63) is 81.4 Å². The number of ether oxygens (including phenoxy) is 1. The summed E-state index contributed by atoms with van der Waals surface area (Å²) in [5.41, 5.74) is 2.96. The van der Waals surface area contributed by atoms with Crippen molar-refractivity contribution < 1.29 is 18.7 Å². The van der Waals surface area contributed by atoms with Crippen LogP contribution in [0.5, 0.6) is 5.75 Å². The first-order chi connectivity index (χ1) is 14.9. The first-order valence-electron chi connectivity index (χ1n) is 9.76. The van der Waals surface area contributed by atoms with Crippen molar-refractivity contribution in [2.45, 2.75) is 20.4 Å². The molecular formula is C23H21ClN2O4S. The average Bonchev–Trinajstić information content (AvgIpc) is 3.42. The van der Waals surface area contributed by atoms with E-state index >= 15 is 0 Å². The zero-order valence-corrected chi connectivity index (χ0v) is 18.7. The van der Waals surface area contributed by atoms with Crippen molar-refractivity contribution in [3.63, 3.8) is 0 Å². The molecule has 1 aliphatic rings. The Morgan fingerprint density at radius 1 is 1.16 bits per heavy atom. The number of benzene rings is 1. The molecule has 0 radical (unpaired) electrons. The summed E-state index contributed by atoms with van der Waals surface area (Å²) in [6.07, 6.45) is 3.43. The lowest BCUT2D eigenvalue weighted by Crippen LogP contribution is -2.32. The number of carbonyl (C=O) groups excluding carboxylic acids is 2. The fourth-order valence-electron chi connectivity index (χ4n) is 3.42. The van der Waals surface area contributed by atoms with Crippen LogP contribution in [0.15, 0.2) is 58.1 Å². The van der Waals surface area contributed by atoms with E-state index in [1.54, 1.807) is 24.5 Å². The Bertz CT molecular complexity index is 1150. The molecule has 0 bridgehead atoms. The number of hydrogen-bond donors (Lipinski definition) is 0.